The first-order valence-corrected chi connectivity index (χ1v) is 9.79. The molecule has 1 N–H and O–H groups in total. The molecule has 2 aromatic heterocycles. The first kappa shape index (κ1) is 16.7. The number of carbonyl (C=O) groups is 1. The van der Waals surface area contributed by atoms with E-state index in [-0.39, 0.29) is 17.0 Å². The van der Waals surface area contributed by atoms with Crippen LogP contribution in [0.2, 0.25) is 0 Å². The number of oxazole rings is 1. The van der Waals surface area contributed by atoms with Crippen molar-refractivity contribution in [3.05, 3.63) is 50.6 Å². The van der Waals surface area contributed by atoms with Crippen molar-refractivity contribution in [2.45, 2.75) is 51.0 Å². The molecule has 0 atom stereocenters. The molecule has 5 rings (SSSR count). The Labute approximate surface area is 156 Å². The average Bonchev–Trinajstić information content (AvgIpc) is 3.33. The minimum absolute atomic E-state index is 0.216. The maximum absolute atomic E-state index is 13.0. The molecule has 1 aliphatic carbocycles. The first-order chi connectivity index (χ1) is 13.2. The number of ether oxygens (including phenoxy) is 1. The number of aryl methyl sites for hydroxylation is 2. The number of amides is 1. The number of aromatic nitrogens is 2. The van der Waals surface area contributed by atoms with Crippen LogP contribution in [0.15, 0.2) is 15.3 Å². The second-order valence-corrected chi connectivity index (χ2v) is 7.65. The van der Waals surface area contributed by atoms with Gasteiger partial charge in [-0.05, 0) is 43.7 Å². The van der Waals surface area contributed by atoms with Crippen LogP contribution in [0.3, 0.4) is 0 Å². The van der Waals surface area contributed by atoms with Crippen LogP contribution >= 0.6 is 0 Å². The minimum Gasteiger partial charge on any atom is -0.445 e. The predicted molar refractivity (Wildman–Crippen MR) is 96.8 cm³/mol. The van der Waals surface area contributed by atoms with Gasteiger partial charge in [0.2, 0.25) is 0 Å². The highest BCUT2D eigenvalue weighted by Gasteiger charge is 2.30. The number of fused-ring (bicyclic) bond motifs is 2. The van der Waals surface area contributed by atoms with Crippen molar-refractivity contribution in [3.8, 4) is 0 Å². The molecule has 27 heavy (non-hydrogen) atoms. The summed E-state index contributed by atoms with van der Waals surface area (Å²) in [6.07, 6.45) is 5.33. The lowest BCUT2D eigenvalue weighted by molar-refractivity contribution is 0.0724. The second kappa shape index (κ2) is 6.64. The summed E-state index contributed by atoms with van der Waals surface area (Å²) >= 11 is 0. The van der Waals surface area contributed by atoms with Gasteiger partial charge in [0, 0.05) is 37.8 Å². The molecule has 0 radical (unpaired) electrons. The number of rotatable bonds is 2. The highest BCUT2D eigenvalue weighted by atomic mass is 16.5. The number of carbonyl (C=O) groups excluding carboxylic acids is 1. The zero-order chi connectivity index (χ0) is 18.4. The molecule has 0 spiro atoms. The summed E-state index contributed by atoms with van der Waals surface area (Å²) in [5, 5.41) is 0. The normalized spacial score (nSPS) is 19.8. The smallest absolute Gasteiger partial charge is 0.261 e. The third kappa shape index (κ3) is 3.00. The lowest BCUT2D eigenvalue weighted by Gasteiger charge is -2.25. The molecule has 0 saturated carbocycles. The van der Waals surface area contributed by atoms with Crippen molar-refractivity contribution in [2.24, 2.45) is 0 Å². The van der Waals surface area contributed by atoms with E-state index in [1.54, 1.807) is 11.0 Å². The van der Waals surface area contributed by atoms with Crippen molar-refractivity contribution in [2.75, 3.05) is 19.8 Å². The second-order valence-electron chi connectivity index (χ2n) is 7.65. The fourth-order valence-corrected chi connectivity index (χ4v) is 4.35. The van der Waals surface area contributed by atoms with Gasteiger partial charge in [0.15, 0.2) is 5.89 Å². The van der Waals surface area contributed by atoms with Gasteiger partial charge in [0.25, 0.3) is 11.5 Å². The van der Waals surface area contributed by atoms with E-state index < -0.39 is 0 Å². The fraction of sp³-hybridized carbons (Fsp3) is 0.550. The topological polar surface area (TPSA) is 88.4 Å². The third-order valence-electron chi connectivity index (χ3n) is 5.92. The Bertz CT molecular complexity index is 939. The number of nitrogens with zero attached hydrogens (tertiary/aromatic N) is 2. The average molecular weight is 369 g/mol. The van der Waals surface area contributed by atoms with Crippen molar-refractivity contribution in [1.29, 1.82) is 0 Å². The molecule has 7 heteroatoms. The van der Waals surface area contributed by atoms with Gasteiger partial charge in [-0.15, -0.1) is 0 Å². The summed E-state index contributed by atoms with van der Waals surface area (Å²) in [6, 6.07) is 1.79. The van der Waals surface area contributed by atoms with E-state index in [9.17, 15) is 9.59 Å². The molecule has 0 aromatic carbocycles. The zero-order valence-electron chi connectivity index (χ0n) is 15.3. The predicted octanol–water partition coefficient (Wildman–Crippen LogP) is 1.94. The van der Waals surface area contributed by atoms with Gasteiger partial charge in [-0.1, -0.05) is 0 Å². The van der Waals surface area contributed by atoms with Crippen molar-refractivity contribution >= 4 is 5.91 Å². The summed E-state index contributed by atoms with van der Waals surface area (Å²) in [4.78, 5) is 34.6. The Morgan fingerprint density at radius 3 is 2.93 bits per heavy atom. The zero-order valence-corrected chi connectivity index (χ0v) is 15.3. The van der Waals surface area contributed by atoms with E-state index in [4.69, 9.17) is 9.15 Å². The molecule has 4 heterocycles. The Balaban J connectivity index is 1.37. The molecule has 1 amide bonds. The van der Waals surface area contributed by atoms with Gasteiger partial charge in [-0.2, -0.15) is 0 Å². The third-order valence-corrected chi connectivity index (χ3v) is 5.92. The summed E-state index contributed by atoms with van der Waals surface area (Å²) in [7, 11) is 0. The van der Waals surface area contributed by atoms with E-state index in [1.165, 1.54) is 0 Å². The SMILES string of the molecule is O=C(c1cc2c([nH]c1=O)CCC2)N1CCc2oc(C3CCOCC3)nc2C1. The van der Waals surface area contributed by atoms with Crippen LogP contribution in [-0.4, -0.2) is 40.5 Å². The molecule has 2 aliphatic heterocycles. The molecule has 0 unspecified atom stereocenters. The maximum atomic E-state index is 13.0. The van der Waals surface area contributed by atoms with Gasteiger partial charge >= 0.3 is 0 Å². The molecule has 2 aromatic rings. The Morgan fingerprint density at radius 1 is 1.22 bits per heavy atom. The highest BCUT2D eigenvalue weighted by Crippen LogP contribution is 2.30. The number of hydrogen-bond acceptors (Lipinski definition) is 5. The van der Waals surface area contributed by atoms with Crippen LogP contribution in [-0.2, 0) is 30.5 Å². The Kier molecular flexibility index (Phi) is 4.11. The standard InChI is InChI=1S/C20H23N3O4/c24-18-14(10-13-2-1-3-15(13)21-18)20(25)23-7-4-17-16(11-23)22-19(27-17)12-5-8-26-9-6-12/h10,12H,1-9,11H2,(H,21,24). The number of H-pyrrole nitrogens is 1. The van der Waals surface area contributed by atoms with Gasteiger partial charge < -0.3 is 19.0 Å². The van der Waals surface area contributed by atoms with Crippen LogP contribution in [0, 0.1) is 0 Å². The van der Waals surface area contributed by atoms with Gasteiger partial charge in [-0.25, -0.2) is 4.98 Å². The molecule has 0 bridgehead atoms. The molecular weight excluding hydrogens is 346 g/mol. The lowest BCUT2D eigenvalue weighted by atomic mass is 10.0. The monoisotopic (exact) mass is 369 g/mol. The summed E-state index contributed by atoms with van der Waals surface area (Å²) in [6.45, 7) is 2.43. The number of nitrogens with one attached hydrogen (secondary N) is 1. The number of aromatic amines is 1. The van der Waals surface area contributed by atoms with E-state index in [1.807, 2.05) is 0 Å². The van der Waals surface area contributed by atoms with Crippen molar-refractivity contribution in [3.63, 3.8) is 0 Å². The summed E-state index contributed by atoms with van der Waals surface area (Å²) < 4.78 is 11.4. The van der Waals surface area contributed by atoms with Gasteiger partial charge in [-0.3, -0.25) is 9.59 Å². The van der Waals surface area contributed by atoms with E-state index >= 15 is 0 Å². The van der Waals surface area contributed by atoms with Crippen LogP contribution in [0.25, 0.3) is 0 Å². The summed E-state index contributed by atoms with van der Waals surface area (Å²) in [5.41, 5.74) is 2.87. The minimum atomic E-state index is -0.283. The Morgan fingerprint density at radius 2 is 2.07 bits per heavy atom. The van der Waals surface area contributed by atoms with E-state index in [2.05, 4.69) is 9.97 Å². The fourth-order valence-electron chi connectivity index (χ4n) is 4.35. The van der Waals surface area contributed by atoms with Crippen LogP contribution < -0.4 is 5.56 Å². The number of pyridine rings is 1. The van der Waals surface area contributed by atoms with Crippen molar-refractivity contribution in [1.82, 2.24) is 14.9 Å². The molecule has 7 nitrogen and oxygen atoms in total. The van der Waals surface area contributed by atoms with Gasteiger partial charge in [0.1, 0.15) is 17.0 Å². The molecular formula is C20H23N3O4. The van der Waals surface area contributed by atoms with Crippen LogP contribution in [0.4, 0.5) is 0 Å². The molecule has 1 fully saturated rings. The first-order valence-electron chi connectivity index (χ1n) is 9.79. The van der Waals surface area contributed by atoms with Crippen LogP contribution in [0.1, 0.15) is 64.1 Å². The lowest BCUT2D eigenvalue weighted by Crippen LogP contribution is -2.38. The molecule has 1 saturated heterocycles. The van der Waals surface area contributed by atoms with E-state index in [0.29, 0.717) is 25.4 Å². The van der Waals surface area contributed by atoms with Crippen LogP contribution in [0.5, 0.6) is 0 Å². The summed E-state index contributed by atoms with van der Waals surface area (Å²) in [5.74, 6) is 1.73. The largest absolute Gasteiger partial charge is 0.445 e. The van der Waals surface area contributed by atoms with Crippen molar-refractivity contribution < 1.29 is 13.9 Å². The molecule has 3 aliphatic rings. The Hall–Kier alpha value is -2.41. The maximum Gasteiger partial charge on any atom is 0.261 e. The van der Waals surface area contributed by atoms with E-state index in [0.717, 1.165) is 73.9 Å². The molecule has 142 valence electrons. The highest BCUT2D eigenvalue weighted by molar-refractivity contribution is 5.94. The number of hydrogen-bond donors (Lipinski definition) is 1. The van der Waals surface area contributed by atoms with Gasteiger partial charge in [0.05, 0.1) is 6.54 Å². The quantitative estimate of drug-likeness (QED) is 0.874.